The number of carbonyl (C=O) groups excluding carboxylic acids is 1. The normalized spacial score (nSPS) is 21.0. The molecular formula is C20H20Cl2N8O. The molecule has 5 rings (SSSR count). The van der Waals surface area contributed by atoms with Crippen LogP contribution in [0.5, 0.6) is 0 Å². The summed E-state index contributed by atoms with van der Waals surface area (Å²) in [7, 11) is 0. The molecule has 2 aromatic heterocycles. The molecule has 0 radical (unpaired) electrons. The van der Waals surface area contributed by atoms with Crippen LogP contribution in [0.2, 0.25) is 10.6 Å². The molecular weight excluding hydrogens is 439 g/mol. The van der Waals surface area contributed by atoms with Gasteiger partial charge in [-0.25, -0.2) is 4.79 Å². The summed E-state index contributed by atoms with van der Waals surface area (Å²) in [6, 6.07) is 10.3. The van der Waals surface area contributed by atoms with Gasteiger partial charge < -0.3 is 15.5 Å². The van der Waals surface area contributed by atoms with Crippen molar-refractivity contribution < 1.29 is 4.79 Å². The molecule has 3 N–H and O–H groups in total. The highest BCUT2D eigenvalue weighted by molar-refractivity contribution is 6.31. The van der Waals surface area contributed by atoms with Gasteiger partial charge in [0.1, 0.15) is 0 Å². The van der Waals surface area contributed by atoms with Gasteiger partial charge in [0.2, 0.25) is 16.5 Å². The maximum atomic E-state index is 13.1. The van der Waals surface area contributed by atoms with E-state index in [1.807, 2.05) is 32.0 Å². The number of fused-ring (bicyclic) bond motifs is 1. The first kappa shape index (κ1) is 20.0. The predicted molar refractivity (Wildman–Crippen MR) is 116 cm³/mol. The molecule has 3 aromatic rings. The third kappa shape index (κ3) is 3.68. The number of rotatable bonds is 4. The Morgan fingerprint density at radius 2 is 1.87 bits per heavy atom. The van der Waals surface area contributed by atoms with Gasteiger partial charge in [-0.15, -0.1) is 0 Å². The summed E-state index contributed by atoms with van der Waals surface area (Å²) in [5, 5.41) is 13.5. The van der Waals surface area contributed by atoms with Crippen LogP contribution in [0.25, 0.3) is 0 Å². The van der Waals surface area contributed by atoms with Crippen LogP contribution in [0.3, 0.4) is 0 Å². The molecule has 0 bridgehead atoms. The number of aromatic amines is 1. The summed E-state index contributed by atoms with van der Waals surface area (Å²) in [6.07, 6.45) is 0.949. The van der Waals surface area contributed by atoms with E-state index in [2.05, 4.69) is 47.9 Å². The van der Waals surface area contributed by atoms with E-state index in [0.29, 0.717) is 18.3 Å². The van der Waals surface area contributed by atoms with Crippen molar-refractivity contribution in [3.8, 4) is 0 Å². The lowest BCUT2D eigenvalue weighted by molar-refractivity contribution is 0.142. The van der Waals surface area contributed by atoms with Crippen molar-refractivity contribution in [2.45, 2.75) is 44.3 Å². The summed E-state index contributed by atoms with van der Waals surface area (Å²) >= 11 is 11.7. The first-order valence-corrected chi connectivity index (χ1v) is 10.6. The fourth-order valence-corrected chi connectivity index (χ4v) is 4.46. The Morgan fingerprint density at radius 3 is 2.58 bits per heavy atom. The molecule has 31 heavy (non-hydrogen) atoms. The summed E-state index contributed by atoms with van der Waals surface area (Å²) in [5.74, 6) is 1.07. The van der Waals surface area contributed by atoms with Gasteiger partial charge in [0, 0.05) is 17.5 Å². The van der Waals surface area contributed by atoms with Crippen LogP contribution in [0.15, 0.2) is 30.3 Å². The lowest BCUT2D eigenvalue weighted by Gasteiger charge is -2.32. The van der Waals surface area contributed by atoms with Gasteiger partial charge in [0.25, 0.3) is 0 Å². The fourth-order valence-electron chi connectivity index (χ4n) is 4.09. The number of hydrogen-bond acceptors (Lipinski definition) is 6. The molecule has 2 atom stereocenters. The Kier molecular flexibility index (Phi) is 4.75. The quantitative estimate of drug-likeness (QED) is 0.545. The highest BCUT2D eigenvalue weighted by atomic mass is 35.5. The van der Waals surface area contributed by atoms with Gasteiger partial charge in [-0.2, -0.15) is 20.1 Å². The lowest BCUT2D eigenvalue weighted by Crippen LogP contribution is -2.47. The van der Waals surface area contributed by atoms with Crippen LogP contribution in [0.4, 0.5) is 16.6 Å². The summed E-state index contributed by atoms with van der Waals surface area (Å²) in [5.41, 5.74) is 2.41. The second-order valence-electron chi connectivity index (χ2n) is 8.20. The number of nitrogens with one attached hydrogen (secondary N) is 3. The molecule has 9 nitrogen and oxygen atoms in total. The largest absolute Gasteiger partial charge is 0.335 e. The minimum atomic E-state index is -0.558. The SMILES string of the molecule is CC1(C)c2[nH]nc(Nc3nc(Cl)nc(Cl)n3)c2CN1C(=O)NC1C[C@@H]1c1ccccc1. The molecule has 1 aliphatic carbocycles. The Bertz CT molecular complexity index is 1130. The van der Waals surface area contributed by atoms with Gasteiger partial charge in [-0.3, -0.25) is 5.10 Å². The molecule has 0 saturated heterocycles. The molecule has 1 aromatic carbocycles. The minimum absolute atomic E-state index is 0.0200. The molecule has 2 aliphatic rings. The number of carbonyl (C=O) groups is 1. The third-order valence-corrected chi connectivity index (χ3v) is 6.19. The predicted octanol–water partition coefficient (Wildman–Crippen LogP) is 3.96. The van der Waals surface area contributed by atoms with E-state index < -0.39 is 5.54 Å². The number of anilines is 2. The van der Waals surface area contributed by atoms with Crippen molar-refractivity contribution in [2.24, 2.45) is 0 Å². The smallest absolute Gasteiger partial charge is 0.318 e. The second kappa shape index (κ2) is 7.35. The summed E-state index contributed by atoms with van der Waals surface area (Å²) < 4.78 is 0. The molecule has 1 fully saturated rings. The van der Waals surface area contributed by atoms with E-state index in [1.54, 1.807) is 4.90 Å². The molecule has 3 heterocycles. The number of amides is 2. The average molecular weight is 459 g/mol. The van der Waals surface area contributed by atoms with Gasteiger partial charge in [-0.1, -0.05) is 30.3 Å². The number of aromatic nitrogens is 5. The first-order chi connectivity index (χ1) is 14.8. The van der Waals surface area contributed by atoms with Crippen LogP contribution in [-0.2, 0) is 12.1 Å². The van der Waals surface area contributed by atoms with E-state index >= 15 is 0 Å². The highest BCUT2D eigenvalue weighted by Crippen LogP contribution is 2.43. The number of benzene rings is 1. The molecule has 11 heteroatoms. The number of urea groups is 1. The number of H-pyrrole nitrogens is 1. The zero-order valence-electron chi connectivity index (χ0n) is 16.9. The first-order valence-electron chi connectivity index (χ1n) is 9.88. The lowest BCUT2D eigenvalue weighted by atomic mass is 10.0. The van der Waals surface area contributed by atoms with E-state index in [0.717, 1.165) is 17.7 Å². The van der Waals surface area contributed by atoms with Crippen molar-refractivity contribution >= 4 is 41.0 Å². The summed E-state index contributed by atoms with van der Waals surface area (Å²) in [6.45, 7) is 4.36. The Labute approximate surface area is 188 Å². The van der Waals surface area contributed by atoms with Crippen molar-refractivity contribution in [2.75, 3.05) is 5.32 Å². The Morgan fingerprint density at radius 1 is 1.16 bits per heavy atom. The van der Waals surface area contributed by atoms with Crippen LogP contribution in [-0.4, -0.2) is 42.1 Å². The van der Waals surface area contributed by atoms with Crippen LogP contribution >= 0.6 is 23.2 Å². The average Bonchev–Trinajstić information content (AvgIpc) is 3.27. The zero-order chi connectivity index (χ0) is 21.8. The van der Waals surface area contributed by atoms with E-state index in [-0.39, 0.29) is 28.6 Å². The van der Waals surface area contributed by atoms with Crippen LogP contribution < -0.4 is 10.6 Å². The van der Waals surface area contributed by atoms with Gasteiger partial charge in [0.15, 0.2) is 5.82 Å². The molecule has 1 unspecified atom stereocenters. The van der Waals surface area contributed by atoms with Gasteiger partial charge in [0.05, 0.1) is 17.8 Å². The van der Waals surface area contributed by atoms with Crippen LogP contribution in [0.1, 0.15) is 43.0 Å². The fraction of sp³-hybridized carbons (Fsp3) is 0.350. The minimum Gasteiger partial charge on any atom is -0.335 e. The van der Waals surface area contributed by atoms with Crippen LogP contribution in [0, 0.1) is 0 Å². The van der Waals surface area contributed by atoms with Gasteiger partial charge >= 0.3 is 6.03 Å². The van der Waals surface area contributed by atoms with E-state index in [4.69, 9.17) is 23.2 Å². The molecule has 0 spiro atoms. The Balaban J connectivity index is 1.31. The molecule has 160 valence electrons. The van der Waals surface area contributed by atoms with Gasteiger partial charge in [-0.05, 0) is 49.0 Å². The number of hydrogen-bond donors (Lipinski definition) is 3. The number of nitrogens with zero attached hydrogens (tertiary/aromatic N) is 5. The van der Waals surface area contributed by atoms with Crippen molar-refractivity contribution in [1.82, 2.24) is 35.4 Å². The van der Waals surface area contributed by atoms with E-state index in [1.165, 1.54) is 5.56 Å². The second-order valence-corrected chi connectivity index (χ2v) is 8.88. The standard InChI is InChI=1S/C20H20Cl2N8O/c1-20(2)14-12(15(29-28-14)24-18-26-16(21)25-17(22)27-18)9-30(20)19(31)23-13-8-11(13)10-6-4-3-5-7-10/h3-7,11,13H,8-9H2,1-2H3,(H,23,31)(H2,24,25,26,27,28,29)/t11-,13?/m1/s1. The monoisotopic (exact) mass is 458 g/mol. The van der Waals surface area contributed by atoms with Crippen molar-refractivity contribution in [3.63, 3.8) is 0 Å². The zero-order valence-corrected chi connectivity index (χ0v) is 18.4. The molecule has 2 amide bonds. The molecule has 1 saturated carbocycles. The van der Waals surface area contributed by atoms with Crippen molar-refractivity contribution in [1.29, 1.82) is 0 Å². The van der Waals surface area contributed by atoms with Crippen molar-refractivity contribution in [3.05, 3.63) is 57.7 Å². The maximum absolute atomic E-state index is 13.1. The summed E-state index contributed by atoms with van der Waals surface area (Å²) in [4.78, 5) is 26.7. The third-order valence-electron chi connectivity index (χ3n) is 5.85. The maximum Gasteiger partial charge on any atom is 0.318 e. The van der Waals surface area contributed by atoms with E-state index in [9.17, 15) is 4.79 Å². The number of halogens is 2. The highest BCUT2D eigenvalue weighted by Gasteiger charge is 2.46. The topological polar surface area (TPSA) is 112 Å². The molecule has 1 aliphatic heterocycles. The Hall–Kier alpha value is -2.91.